The Kier molecular flexibility index (Phi) is 7.60. The molecule has 1 heterocycles. The summed E-state index contributed by atoms with van der Waals surface area (Å²) in [6, 6.07) is 4.23. The third-order valence-electron chi connectivity index (χ3n) is 3.53. The highest BCUT2D eigenvalue weighted by Gasteiger charge is 2.08. The highest BCUT2D eigenvalue weighted by Crippen LogP contribution is 2.12. The second-order valence-corrected chi connectivity index (χ2v) is 6.44. The van der Waals surface area contributed by atoms with E-state index in [2.05, 4.69) is 55.0 Å². The normalized spacial score (nSPS) is 11.6. The molecule has 0 saturated carbocycles. The number of hydrogen-bond acceptors (Lipinski definition) is 3. The average molecular weight is 277 g/mol. The SMILES string of the molecule is CNc1ccc(CN(CCC(C)C)CCC(C)C)cn1. The maximum atomic E-state index is 4.40. The average Bonchev–Trinajstić information content (AvgIpc) is 2.42. The first kappa shape index (κ1) is 17.0. The van der Waals surface area contributed by atoms with Crippen molar-refractivity contribution >= 4 is 5.82 Å². The molecule has 1 aromatic rings. The zero-order valence-corrected chi connectivity index (χ0v) is 13.8. The number of nitrogens with one attached hydrogen (secondary N) is 1. The van der Waals surface area contributed by atoms with Crippen LogP contribution in [-0.2, 0) is 6.54 Å². The molecule has 0 spiro atoms. The van der Waals surface area contributed by atoms with Crippen LogP contribution in [0.25, 0.3) is 0 Å². The van der Waals surface area contributed by atoms with Gasteiger partial charge in [-0.05, 0) is 49.4 Å². The van der Waals surface area contributed by atoms with E-state index in [1.165, 1.54) is 31.5 Å². The molecule has 0 aliphatic rings. The molecule has 1 aromatic heterocycles. The van der Waals surface area contributed by atoms with E-state index in [4.69, 9.17) is 0 Å². The number of hydrogen-bond donors (Lipinski definition) is 1. The third-order valence-corrected chi connectivity index (χ3v) is 3.53. The second-order valence-electron chi connectivity index (χ2n) is 6.44. The van der Waals surface area contributed by atoms with Crippen LogP contribution in [0, 0.1) is 11.8 Å². The van der Waals surface area contributed by atoms with Crippen molar-refractivity contribution in [2.45, 2.75) is 47.1 Å². The maximum Gasteiger partial charge on any atom is 0.125 e. The smallest absolute Gasteiger partial charge is 0.125 e. The van der Waals surface area contributed by atoms with Gasteiger partial charge < -0.3 is 5.32 Å². The Morgan fingerprint density at radius 3 is 2.05 bits per heavy atom. The molecule has 0 unspecified atom stereocenters. The van der Waals surface area contributed by atoms with Gasteiger partial charge in [0.2, 0.25) is 0 Å². The summed E-state index contributed by atoms with van der Waals surface area (Å²) in [7, 11) is 1.90. The van der Waals surface area contributed by atoms with Crippen LogP contribution in [-0.4, -0.2) is 30.0 Å². The quantitative estimate of drug-likeness (QED) is 0.739. The van der Waals surface area contributed by atoms with Crippen LogP contribution < -0.4 is 5.32 Å². The molecule has 20 heavy (non-hydrogen) atoms. The van der Waals surface area contributed by atoms with Crippen LogP contribution in [0.1, 0.15) is 46.1 Å². The van der Waals surface area contributed by atoms with Gasteiger partial charge in [0.15, 0.2) is 0 Å². The highest BCUT2D eigenvalue weighted by molar-refractivity contribution is 5.34. The number of anilines is 1. The molecule has 0 aliphatic carbocycles. The molecule has 3 nitrogen and oxygen atoms in total. The molecule has 0 bridgehead atoms. The van der Waals surface area contributed by atoms with Crippen LogP contribution in [0.2, 0.25) is 0 Å². The lowest BCUT2D eigenvalue weighted by atomic mass is 10.1. The van der Waals surface area contributed by atoms with Gasteiger partial charge >= 0.3 is 0 Å². The number of nitrogens with zero attached hydrogens (tertiary/aromatic N) is 2. The second kappa shape index (κ2) is 8.96. The molecule has 0 radical (unpaired) electrons. The van der Waals surface area contributed by atoms with E-state index in [-0.39, 0.29) is 0 Å². The summed E-state index contributed by atoms with van der Waals surface area (Å²) in [5.74, 6) is 2.47. The van der Waals surface area contributed by atoms with Gasteiger partial charge in [0.1, 0.15) is 5.82 Å². The molecule has 1 N–H and O–H groups in total. The van der Waals surface area contributed by atoms with E-state index in [0.717, 1.165) is 24.2 Å². The minimum Gasteiger partial charge on any atom is -0.373 e. The summed E-state index contributed by atoms with van der Waals surface area (Å²) >= 11 is 0. The van der Waals surface area contributed by atoms with Crippen LogP contribution >= 0.6 is 0 Å². The molecular formula is C17H31N3. The molecule has 0 atom stereocenters. The predicted molar refractivity (Wildman–Crippen MR) is 88.0 cm³/mol. The van der Waals surface area contributed by atoms with Gasteiger partial charge in [-0.3, -0.25) is 4.90 Å². The zero-order chi connectivity index (χ0) is 15.0. The predicted octanol–water partition coefficient (Wildman–Crippen LogP) is 4.02. The Morgan fingerprint density at radius 1 is 1.05 bits per heavy atom. The Morgan fingerprint density at radius 2 is 1.65 bits per heavy atom. The first-order chi connectivity index (χ1) is 9.51. The monoisotopic (exact) mass is 277 g/mol. The van der Waals surface area contributed by atoms with Crippen molar-refractivity contribution in [3.05, 3.63) is 23.9 Å². The van der Waals surface area contributed by atoms with E-state index in [9.17, 15) is 0 Å². The highest BCUT2D eigenvalue weighted by atomic mass is 15.1. The standard InChI is InChI=1S/C17H31N3/c1-14(2)8-10-20(11-9-15(3)4)13-16-6-7-17(18-5)19-12-16/h6-7,12,14-15H,8-11,13H2,1-5H3,(H,18,19). The van der Waals surface area contributed by atoms with Gasteiger partial charge in [-0.25, -0.2) is 4.98 Å². The van der Waals surface area contributed by atoms with Gasteiger partial charge in [-0.1, -0.05) is 33.8 Å². The molecule has 0 amide bonds. The van der Waals surface area contributed by atoms with Gasteiger partial charge in [-0.15, -0.1) is 0 Å². The first-order valence-electron chi connectivity index (χ1n) is 7.86. The number of aromatic nitrogens is 1. The maximum absolute atomic E-state index is 4.40. The Balaban J connectivity index is 2.56. The molecule has 3 heteroatoms. The Bertz CT molecular complexity index is 345. The van der Waals surface area contributed by atoms with Gasteiger partial charge in [0.05, 0.1) is 0 Å². The van der Waals surface area contributed by atoms with Crippen molar-refractivity contribution in [2.24, 2.45) is 11.8 Å². The van der Waals surface area contributed by atoms with Crippen molar-refractivity contribution in [3.63, 3.8) is 0 Å². The molecular weight excluding hydrogens is 246 g/mol. The van der Waals surface area contributed by atoms with E-state index in [0.29, 0.717) is 0 Å². The summed E-state index contributed by atoms with van der Waals surface area (Å²) in [6.07, 6.45) is 4.52. The third kappa shape index (κ3) is 6.90. The van der Waals surface area contributed by atoms with Gasteiger partial charge in [-0.2, -0.15) is 0 Å². The minimum absolute atomic E-state index is 0.765. The molecule has 0 aliphatic heterocycles. The summed E-state index contributed by atoms with van der Waals surface area (Å²) in [4.78, 5) is 6.97. The topological polar surface area (TPSA) is 28.2 Å². The Hall–Kier alpha value is -1.09. The van der Waals surface area contributed by atoms with Crippen LogP contribution in [0.15, 0.2) is 18.3 Å². The summed E-state index contributed by atoms with van der Waals surface area (Å²) in [6.45, 7) is 12.5. The molecule has 0 aromatic carbocycles. The first-order valence-corrected chi connectivity index (χ1v) is 7.86. The lowest BCUT2D eigenvalue weighted by Gasteiger charge is -2.24. The summed E-state index contributed by atoms with van der Waals surface area (Å²) in [5, 5.41) is 3.06. The van der Waals surface area contributed by atoms with Crippen molar-refractivity contribution in [3.8, 4) is 0 Å². The van der Waals surface area contributed by atoms with E-state index < -0.39 is 0 Å². The van der Waals surface area contributed by atoms with Crippen LogP contribution in [0.5, 0.6) is 0 Å². The molecule has 1 rings (SSSR count). The van der Waals surface area contributed by atoms with Crippen molar-refractivity contribution in [2.75, 3.05) is 25.5 Å². The minimum atomic E-state index is 0.765. The van der Waals surface area contributed by atoms with E-state index in [1.54, 1.807) is 0 Å². The number of rotatable bonds is 9. The summed E-state index contributed by atoms with van der Waals surface area (Å²) in [5.41, 5.74) is 1.30. The van der Waals surface area contributed by atoms with Gasteiger partial charge in [0.25, 0.3) is 0 Å². The van der Waals surface area contributed by atoms with Gasteiger partial charge in [0, 0.05) is 19.8 Å². The fourth-order valence-electron chi connectivity index (χ4n) is 2.08. The molecule has 0 fully saturated rings. The number of pyridine rings is 1. The molecule has 0 saturated heterocycles. The van der Waals surface area contributed by atoms with E-state index in [1.807, 2.05) is 13.2 Å². The Labute approximate surface area is 124 Å². The zero-order valence-electron chi connectivity index (χ0n) is 13.8. The fraction of sp³-hybridized carbons (Fsp3) is 0.706. The molecule has 114 valence electrons. The summed E-state index contributed by atoms with van der Waals surface area (Å²) < 4.78 is 0. The lowest BCUT2D eigenvalue weighted by molar-refractivity contribution is 0.235. The van der Waals surface area contributed by atoms with Crippen molar-refractivity contribution in [1.82, 2.24) is 9.88 Å². The van der Waals surface area contributed by atoms with Crippen molar-refractivity contribution in [1.29, 1.82) is 0 Å². The van der Waals surface area contributed by atoms with Crippen LogP contribution in [0.4, 0.5) is 5.82 Å². The van der Waals surface area contributed by atoms with Crippen molar-refractivity contribution < 1.29 is 0 Å². The fourth-order valence-corrected chi connectivity index (χ4v) is 2.08. The largest absolute Gasteiger partial charge is 0.373 e. The van der Waals surface area contributed by atoms with E-state index >= 15 is 0 Å². The van der Waals surface area contributed by atoms with Crippen LogP contribution in [0.3, 0.4) is 0 Å². The lowest BCUT2D eigenvalue weighted by Crippen LogP contribution is -2.27.